The van der Waals surface area contributed by atoms with Gasteiger partial charge in [-0.2, -0.15) is 0 Å². The number of allylic oxidation sites excluding steroid dienone is 3. The van der Waals surface area contributed by atoms with Crippen molar-refractivity contribution in [1.82, 2.24) is 0 Å². The maximum Gasteiger partial charge on any atom is -0.0279 e. The third-order valence-corrected chi connectivity index (χ3v) is 4.51. The van der Waals surface area contributed by atoms with Crippen LogP contribution in [0.5, 0.6) is 0 Å². The smallest absolute Gasteiger partial charge is 0.0279 e. The number of benzene rings is 1. The molecule has 1 aromatic carbocycles. The second-order valence-electron chi connectivity index (χ2n) is 8.54. The van der Waals surface area contributed by atoms with E-state index in [0.717, 1.165) is 12.3 Å². The van der Waals surface area contributed by atoms with E-state index in [4.69, 9.17) is 0 Å². The first-order chi connectivity index (χ1) is 15.6. The van der Waals surface area contributed by atoms with E-state index >= 15 is 0 Å². The van der Waals surface area contributed by atoms with E-state index in [1.54, 1.807) is 0 Å². The Bertz CT molecular complexity index is 512. The molecule has 0 aromatic heterocycles. The number of rotatable bonds is 7. The van der Waals surface area contributed by atoms with Crippen LogP contribution in [0.4, 0.5) is 0 Å². The summed E-state index contributed by atoms with van der Waals surface area (Å²) in [7, 11) is 0. The predicted molar refractivity (Wildman–Crippen MR) is 162 cm³/mol. The molecular formula is C33H66. The van der Waals surface area contributed by atoms with Gasteiger partial charge in [0.2, 0.25) is 0 Å². The van der Waals surface area contributed by atoms with Crippen LogP contribution in [0.3, 0.4) is 0 Å². The van der Waals surface area contributed by atoms with Crippen molar-refractivity contribution in [2.24, 2.45) is 5.92 Å². The van der Waals surface area contributed by atoms with Crippen molar-refractivity contribution in [3.05, 3.63) is 58.7 Å². The summed E-state index contributed by atoms with van der Waals surface area (Å²) in [5.41, 5.74) is 6.86. The Hall–Kier alpha value is -1.30. The lowest BCUT2D eigenvalue weighted by atomic mass is 10.0. The Morgan fingerprint density at radius 1 is 0.818 bits per heavy atom. The number of aryl methyl sites for hydroxylation is 3. The molecule has 0 N–H and O–H groups in total. The quantitative estimate of drug-likeness (QED) is 0.353. The van der Waals surface area contributed by atoms with Gasteiger partial charge in [0.1, 0.15) is 0 Å². The van der Waals surface area contributed by atoms with Crippen LogP contribution in [-0.2, 0) is 6.42 Å². The molecule has 0 spiro atoms. The Labute approximate surface area is 213 Å². The van der Waals surface area contributed by atoms with Gasteiger partial charge in [0.05, 0.1) is 0 Å². The van der Waals surface area contributed by atoms with E-state index in [0.29, 0.717) is 0 Å². The van der Waals surface area contributed by atoms with Crippen molar-refractivity contribution in [3.63, 3.8) is 0 Å². The number of hydrogen-bond acceptors (Lipinski definition) is 0. The molecule has 0 heteroatoms. The van der Waals surface area contributed by atoms with Gasteiger partial charge in [-0.05, 0) is 69.6 Å². The molecule has 0 amide bonds. The molecule has 0 aliphatic carbocycles. The highest BCUT2D eigenvalue weighted by Crippen LogP contribution is 2.12. The summed E-state index contributed by atoms with van der Waals surface area (Å²) >= 11 is 0. The van der Waals surface area contributed by atoms with E-state index in [9.17, 15) is 0 Å². The first-order valence-corrected chi connectivity index (χ1v) is 14.0. The van der Waals surface area contributed by atoms with Gasteiger partial charge in [-0.15, -0.1) is 0 Å². The molecule has 0 bridgehead atoms. The zero-order valence-corrected chi connectivity index (χ0v) is 26.0. The maximum atomic E-state index is 3.88. The summed E-state index contributed by atoms with van der Waals surface area (Å²) in [4.78, 5) is 0. The van der Waals surface area contributed by atoms with Crippen molar-refractivity contribution in [2.75, 3.05) is 0 Å². The lowest BCUT2D eigenvalue weighted by Crippen LogP contribution is -1.87. The monoisotopic (exact) mass is 463 g/mol. The maximum absolute atomic E-state index is 3.88. The molecule has 1 rings (SSSR count). The van der Waals surface area contributed by atoms with Crippen LogP contribution in [0.15, 0.2) is 42.0 Å². The lowest BCUT2D eigenvalue weighted by Gasteiger charge is -2.03. The number of hydrogen-bond donors (Lipinski definition) is 0. The standard InChI is InChI=1S/C12H18.C8H14.C5H12.C4H10.2C2H6/c1-4-5-6-12-8-7-10(2)11(3)9-12;1-5-7(3)8(4)6-2;1-3-5-4-2;1-4(2)3;2*1-2/h7-9H,4-6H2,1-3H3;6H,3,5H2,1-2,4H3;3-5H2,1-2H3;4H,1-3H3;2*1-2H3/b;8-6-;;;;. The Balaban J connectivity index is -0.000000108. The summed E-state index contributed by atoms with van der Waals surface area (Å²) in [6, 6.07) is 6.78. The van der Waals surface area contributed by atoms with Gasteiger partial charge in [0.15, 0.2) is 0 Å². The minimum atomic E-state index is 0.833. The van der Waals surface area contributed by atoms with Gasteiger partial charge >= 0.3 is 0 Å². The zero-order chi connectivity index (χ0) is 27.2. The highest BCUT2D eigenvalue weighted by atomic mass is 14.0. The molecule has 0 saturated heterocycles. The van der Waals surface area contributed by atoms with E-state index < -0.39 is 0 Å². The summed E-state index contributed by atoms with van der Waals surface area (Å²) in [5, 5.41) is 0. The molecule has 0 saturated carbocycles. The average molecular weight is 463 g/mol. The Morgan fingerprint density at radius 3 is 1.48 bits per heavy atom. The molecule has 33 heavy (non-hydrogen) atoms. The van der Waals surface area contributed by atoms with Crippen molar-refractivity contribution in [3.8, 4) is 0 Å². The third-order valence-electron chi connectivity index (χ3n) is 4.51. The fourth-order valence-corrected chi connectivity index (χ4v) is 2.18. The topological polar surface area (TPSA) is 0 Å². The zero-order valence-electron chi connectivity index (χ0n) is 26.0. The molecule has 0 unspecified atom stereocenters. The van der Waals surface area contributed by atoms with E-state index in [-0.39, 0.29) is 0 Å². The Morgan fingerprint density at radius 2 is 1.24 bits per heavy atom. The van der Waals surface area contributed by atoms with Crippen molar-refractivity contribution >= 4 is 0 Å². The molecule has 198 valence electrons. The van der Waals surface area contributed by atoms with Crippen LogP contribution >= 0.6 is 0 Å². The first-order valence-electron chi connectivity index (χ1n) is 14.0. The summed E-state index contributed by atoms with van der Waals surface area (Å²) in [6.45, 7) is 35.6. The average Bonchev–Trinajstić information content (AvgIpc) is 2.82. The largest absolute Gasteiger partial charge is 0.0956 e. The van der Waals surface area contributed by atoms with Crippen LogP contribution in [0.2, 0.25) is 0 Å². The molecule has 0 heterocycles. The second-order valence-corrected chi connectivity index (χ2v) is 8.54. The van der Waals surface area contributed by atoms with E-state index in [2.05, 4.69) is 100 Å². The van der Waals surface area contributed by atoms with Crippen LogP contribution in [0, 0.1) is 19.8 Å². The molecule has 0 nitrogen and oxygen atoms in total. The van der Waals surface area contributed by atoms with E-state index in [1.165, 1.54) is 66.4 Å². The van der Waals surface area contributed by atoms with Gasteiger partial charge < -0.3 is 0 Å². The second kappa shape index (κ2) is 35.3. The molecule has 0 radical (unpaired) electrons. The van der Waals surface area contributed by atoms with Gasteiger partial charge in [0.25, 0.3) is 0 Å². The lowest BCUT2D eigenvalue weighted by molar-refractivity contribution is 0.737. The van der Waals surface area contributed by atoms with Crippen LogP contribution in [-0.4, -0.2) is 0 Å². The van der Waals surface area contributed by atoms with Gasteiger partial charge in [-0.3, -0.25) is 0 Å². The molecule has 0 aliphatic rings. The first kappa shape index (κ1) is 41.9. The molecular weight excluding hydrogens is 396 g/mol. The minimum Gasteiger partial charge on any atom is -0.0956 e. The molecule has 1 aromatic rings. The van der Waals surface area contributed by atoms with Crippen LogP contribution in [0.1, 0.15) is 145 Å². The summed E-state index contributed by atoms with van der Waals surface area (Å²) < 4.78 is 0. The SMILES string of the molecule is C=C(CC)/C(C)=C\C.CC.CC.CC(C)C.CCCCC.CCCCc1ccc(C)c(C)c1. The molecule has 0 atom stereocenters. The van der Waals surface area contributed by atoms with Gasteiger partial charge in [-0.1, -0.05) is 144 Å². The van der Waals surface area contributed by atoms with Crippen molar-refractivity contribution in [1.29, 1.82) is 0 Å². The third kappa shape index (κ3) is 38.3. The van der Waals surface area contributed by atoms with Crippen molar-refractivity contribution in [2.45, 2.75) is 149 Å². The number of unbranched alkanes of at least 4 members (excludes halogenated alkanes) is 3. The Kier molecular flexibility index (Phi) is 44.8. The molecule has 0 fully saturated rings. The van der Waals surface area contributed by atoms with Crippen LogP contribution in [0.25, 0.3) is 0 Å². The van der Waals surface area contributed by atoms with Gasteiger partial charge in [-0.25, -0.2) is 0 Å². The summed E-state index contributed by atoms with van der Waals surface area (Å²) in [5.74, 6) is 0.833. The predicted octanol–water partition coefficient (Wildman–Crippen LogP) is 12.5. The molecule has 0 aliphatic heterocycles. The normalized spacial score (nSPS) is 9.27. The van der Waals surface area contributed by atoms with Crippen LogP contribution < -0.4 is 0 Å². The fraction of sp³-hybridized carbons (Fsp3) is 0.697. The van der Waals surface area contributed by atoms with Gasteiger partial charge in [0, 0.05) is 0 Å². The highest BCUT2D eigenvalue weighted by Gasteiger charge is 1.95. The van der Waals surface area contributed by atoms with Crippen molar-refractivity contribution < 1.29 is 0 Å². The minimum absolute atomic E-state index is 0.833. The highest BCUT2D eigenvalue weighted by molar-refractivity contribution is 5.29. The van der Waals surface area contributed by atoms with E-state index in [1.807, 2.05) is 34.6 Å². The fourth-order valence-electron chi connectivity index (χ4n) is 2.18. The summed E-state index contributed by atoms with van der Waals surface area (Å²) in [6.07, 6.45) is 11.1.